The molecule has 0 radical (unpaired) electrons. The van der Waals surface area contributed by atoms with E-state index in [1.165, 1.54) is 43.2 Å². The first kappa shape index (κ1) is 25.2. The molecule has 1 aliphatic carbocycles. The standard InChI is InChI=1S/C40H25N3S/c1-3-14-26(15-4-1)36-37(41-39(43-42-36)27-16-5-2-6-17-27)30-20-13-24-34-38(30)44-35-25-12-11-23-33(35)40(34)31-21-9-7-18-28(31)29-19-8-10-22-32(29)40/h1-25H. The normalized spacial score (nSPS) is 13.5. The number of rotatable bonds is 3. The highest BCUT2D eigenvalue weighted by molar-refractivity contribution is 7.99. The minimum Gasteiger partial charge on any atom is -0.224 e. The molecule has 2 heterocycles. The number of hydrogen-bond donors (Lipinski definition) is 0. The number of fused-ring (bicyclic) bond motifs is 9. The summed E-state index contributed by atoms with van der Waals surface area (Å²) in [6.45, 7) is 0. The molecule has 0 saturated carbocycles. The van der Waals surface area contributed by atoms with Crippen molar-refractivity contribution in [3.05, 3.63) is 174 Å². The van der Waals surface area contributed by atoms with Crippen molar-refractivity contribution < 1.29 is 0 Å². The second kappa shape index (κ2) is 9.87. The summed E-state index contributed by atoms with van der Waals surface area (Å²) in [5.41, 5.74) is 12.0. The van der Waals surface area contributed by atoms with Crippen LogP contribution in [0.4, 0.5) is 0 Å². The Bertz CT molecular complexity index is 2160. The highest BCUT2D eigenvalue weighted by Gasteiger charge is 2.50. The molecule has 0 amide bonds. The monoisotopic (exact) mass is 579 g/mol. The summed E-state index contributed by atoms with van der Waals surface area (Å²) < 4.78 is 0. The average Bonchev–Trinajstić information content (AvgIpc) is 3.39. The van der Waals surface area contributed by atoms with Crippen LogP contribution in [0.3, 0.4) is 0 Å². The second-order valence-electron chi connectivity index (χ2n) is 11.2. The van der Waals surface area contributed by atoms with Crippen molar-refractivity contribution in [3.63, 3.8) is 0 Å². The van der Waals surface area contributed by atoms with Crippen LogP contribution in [-0.4, -0.2) is 15.2 Å². The van der Waals surface area contributed by atoms with Gasteiger partial charge in [0.2, 0.25) is 0 Å². The van der Waals surface area contributed by atoms with Crippen LogP contribution in [-0.2, 0) is 5.41 Å². The lowest BCUT2D eigenvalue weighted by Gasteiger charge is -2.40. The van der Waals surface area contributed by atoms with Crippen LogP contribution in [0.25, 0.3) is 45.0 Å². The van der Waals surface area contributed by atoms with Crippen LogP contribution < -0.4 is 0 Å². The van der Waals surface area contributed by atoms with E-state index in [2.05, 4.69) is 108 Å². The van der Waals surface area contributed by atoms with Gasteiger partial charge in [0.05, 0.1) is 5.41 Å². The Morgan fingerprint density at radius 1 is 0.409 bits per heavy atom. The van der Waals surface area contributed by atoms with Crippen LogP contribution in [0.2, 0.25) is 0 Å². The Hall–Kier alpha value is -5.32. The van der Waals surface area contributed by atoms with Gasteiger partial charge >= 0.3 is 0 Å². The minimum absolute atomic E-state index is 0.448. The van der Waals surface area contributed by atoms with Crippen LogP contribution in [0, 0.1) is 0 Å². The Balaban J connectivity index is 1.38. The zero-order chi connectivity index (χ0) is 29.1. The number of aromatic nitrogens is 3. The summed E-state index contributed by atoms with van der Waals surface area (Å²) in [6, 6.07) is 53.8. The van der Waals surface area contributed by atoms with Crippen molar-refractivity contribution in [1.29, 1.82) is 0 Å². The van der Waals surface area contributed by atoms with Crippen LogP contribution in [0.1, 0.15) is 22.3 Å². The van der Waals surface area contributed by atoms with E-state index < -0.39 is 5.41 Å². The van der Waals surface area contributed by atoms with Gasteiger partial charge in [-0.15, -0.1) is 10.2 Å². The summed E-state index contributed by atoms with van der Waals surface area (Å²) in [4.78, 5) is 7.73. The van der Waals surface area contributed by atoms with Gasteiger partial charge in [0.1, 0.15) is 11.4 Å². The van der Waals surface area contributed by atoms with Crippen molar-refractivity contribution in [2.75, 3.05) is 0 Å². The second-order valence-corrected chi connectivity index (χ2v) is 12.2. The molecule has 4 heteroatoms. The topological polar surface area (TPSA) is 38.7 Å². The third-order valence-electron chi connectivity index (χ3n) is 8.90. The summed E-state index contributed by atoms with van der Waals surface area (Å²) in [7, 11) is 0. The van der Waals surface area contributed by atoms with Gasteiger partial charge in [-0.05, 0) is 39.4 Å². The molecule has 6 aromatic carbocycles. The molecule has 206 valence electrons. The molecule has 1 aromatic heterocycles. The number of hydrogen-bond acceptors (Lipinski definition) is 4. The molecule has 3 nitrogen and oxygen atoms in total. The molecule has 0 saturated heterocycles. The number of benzene rings is 6. The fourth-order valence-corrected chi connectivity index (χ4v) is 8.38. The van der Waals surface area contributed by atoms with Gasteiger partial charge in [-0.3, -0.25) is 0 Å². The molecule has 0 N–H and O–H groups in total. The van der Waals surface area contributed by atoms with Gasteiger partial charge in [0.15, 0.2) is 5.82 Å². The first-order valence-electron chi connectivity index (χ1n) is 14.8. The SMILES string of the molecule is c1ccc(-c2nnc(-c3ccccc3)c(-c3cccc4c3Sc3ccccc3C43c4ccccc4-c4ccccc43)n2)cc1. The van der Waals surface area contributed by atoms with Crippen molar-refractivity contribution >= 4 is 11.8 Å². The molecule has 0 atom stereocenters. The molecule has 44 heavy (non-hydrogen) atoms. The Morgan fingerprint density at radius 2 is 0.955 bits per heavy atom. The van der Waals surface area contributed by atoms with E-state index in [1.54, 1.807) is 0 Å². The fourth-order valence-electron chi connectivity index (χ4n) is 7.08. The predicted molar refractivity (Wildman–Crippen MR) is 178 cm³/mol. The third kappa shape index (κ3) is 3.55. The van der Waals surface area contributed by atoms with E-state index in [9.17, 15) is 0 Å². The summed E-state index contributed by atoms with van der Waals surface area (Å²) in [5, 5.41) is 9.46. The highest BCUT2D eigenvalue weighted by Crippen LogP contribution is 2.63. The lowest BCUT2D eigenvalue weighted by molar-refractivity contribution is 0.723. The lowest BCUT2D eigenvalue weighted by Crippen LogP contribution is -2.32. The van der Waals surface area contributed by atoms with Gasteiger partial charge in [-0.1, -0.05) is 157 Å². The number of nitrogens with zero attached hydrogens (tertiary/aromatic N) is 3. The fraction of sp³-hybridized carbons (Fsp3) is 0.0250. The third-order valence-corrected chi connectivity index (χ3v) is 10.1. The molecule has 0 fully saturated rings. The van der Waals surface area contributed by atoms with E-state index in [-0.39, 0.29) is 0 Å². The van der Waals surface area contributed by atoms with E-state index in [0.717, 1.165) is 28.1 Å². The molecule has 7 aromatic rings. The maximum Gasteiger partial charge on any atom is 0.182 e. The van der Waals surface area contributed by atoms with E-state index in [1.807, 2.05) is 60.3 Å². The average molecular weight is 580 g/mol. The van der Waals surface area contributed by atoms with Crippen molar-refractivity contribution in [3.8, 4) is 45.0 Å². The van der Waals surface area contributed by atoms with Gasteiger partial charge < -0.3 is 0 Å². The molecule has 0 unspecified atom stereocenters. The van der Waals surface area contributed by atoms with Crippen molar-refractivity contribution in [2.45, 2.75) is 15.2 Å². The maximum absolute atomic E-state index is 5.27. The largest absolute Gasteiger partial charge is 0.224 e. The van der Waals surface area contributed by atoms with E-state index in [4.69, 9.17) is 10.1 Å². The Kier molecular flexibility index (Phi) is 5.65. The molecule has 9 rings (SSSR count). The quantitative estimate of drug-likeness (QED) is 0.209. The summed E-state index contributed by atoms with van der Waals surface area (Å²) in [6.07, 6.45) is 0. The van der Waals surface area contributed by atoms with Crippen molar-refractivity contribution in [2.24, 2.45) is 0 Å². The smallest absolute Gasteiger partial charge is 0.182 e. The Labute approximate surface area is 260 Å². The van der Waals surface area contributed by atoms with E-state index >= 15 is 0 Å². The first-order chi connectivity index (χ1) is 21.8. The van der Waals surface area contributed by atoms with Gasteiger partial charge in [0.25, 0.3) is 0 Å². The van der Waals surface area contributed by atoms with Crippen LogP contribution in [0.5, 0.6) is 0 Å². The van der Waals surface area contributed by atoms with Gasteiger partial charge in [-0.2, -0.15) is 0 Å². The zero-order valence-corrected chi connectivity index (χ0v) is 24.5. The predicted octanol–water partition coefficient (Wildman–Crippen LogP) is 9.70. The molecule has 0 bridgehead atoms. The van der Waals surface area contributed by atoms with Crippen molar-refractivity contribution in [1.82, 2.24) is 15.2 Å². The highest BCUT2D eigenvalue weighted by atomic mass is 32.2. The molecule has 2 aliphatic rings. The summed E-state index contributed by atoms with van der Waals surface area (Å²) in [5.74, 6) is 0.616. The Morgan fingerprint density at radius 3 is 1.66 bits per heavy atom. The maximum atomic E-state index is 5.27. The first-order valence-corrected chi connectivity index (χ1v) is 15.6. The molecular weight excluding hydrogens is 555 g/mol. The molecule has 1 spiro atoms. The minimum atomic E-state index is -0.448. The van der Waals surface area contributed by atoms with E-state index in [0.29, 0.717) is 5.82 Å². The molecule has 1 aliphatic heterocycles. The van der Waals surface area contributed by atoms with Crippen LogP contribution in [0.15, 0.2) is 161 Å². The zero-order valence-electron chi connectivity index (χ0n) is 23.7. The lowest BCUT2D eigenvalue weighted by atomic mass is 9.67. The van der Waals surface area contributed by atoms with Gasteiger partial charge in [0, 0.05) is 26.5 Å². The summed E-state index contributed by atoms with van der Waals surface area (Å²) >= 11 is 1.83. The van der Waals surface area contributed by atoms with Crippen LogP contribution >= 0.6 is 11.8 Å². The van der Waals surface area contributed by atoms with Gasteiger partial charge in [-0.25, -0.2) is 4.98 Å². The molecular formula is C40H25N3S.